The molecule has 60 valence electrons. The number of hydrogen-bond donors (Lipinski definition) is 1. The van der Waals surface area contributed by atoms with Crippen LogP contribution in [0.15, 0.2) is 12.2 Å². The molecule has 0 spiro atoms. The highest BCUT2D eigenvalue weighted by molar-refractivity contribution is 5.08. The first-order valence-corrected chi connectivity index (χ1v) is 3.44. The van der Waals surface area contributed by atoms with Crippen LogP contribution in [0.25, 0.3) is 0 Å². The molecule has 1 unspecified atom stereocenters. The Morgan fingerprint density at radius 3 is 2.30 bits per heavy atom. The molecular formula is C8H16O2. The molecular weight excluding hydrogens is 128 g/mol. The van der Waals surface area contributed by atoms with Crippen LogP contribution in [0.2, 0.25) is 0 Å². The Morgan fingerprint density at radius 1 is 1.70 bits per heavy atom. The zero-order chi connectivity index (χ0) is 8.20. The summed E-state index contributed by atoms with van der Waals surface area (Å²) in [5.41, 5.74) is -0.0637. The van der Waals surface area contributed by atoms with Gasteiger partial charge < -0.3 is 9.84 Å². The first-order valence-electron chi connectivity index (χ1n) is 3.44. The summed E-state index contributed by atoms with van der Waals surface area (Å²) in [6, 6.07) is 0. The average Bonchev–Trinajstić information content (AvgIpc) is 1.88. The fraction of sp³-hybridized carbons (Fsp3) is 0.750. The number of rotatable bonds is 4. The molecule has 0 fully saturated rings. The summed E-state index contributed by atoms with van der Waals surface area (Å²) in [7, 11) is 1.57. The molecule has 0 aliphatic carbocycles. The second-order valence-corrected chi connectivity index (χ2v) is 2.60. The number of methoxy groups -OCH3 is 1. The normalized spacial score (nSPS) is 16.4. The van der Waals surface area contributed by atoms with E-state index in [0.717, 1.165) is 5.57 Å². The molecule has 2 nitrogen and oxygen atoms in total. The van der Waals surface area contributed by atoms with Crippen LogP contribution >= 0.6 is 0 Å². The Balaban J connectivity index is 4.08. The van der Waals surface area contributed by atoms with Gasteiger partial charge in [0.1, 0.15) is 5.60 Å². The van der Waals surface area contributed by atoms with E-state index in [9.17, 15) is 5.11 Å². The van der Waals surface area contributed by atoms with Crippen molar-refractivity contribution < 1.29 is 9.84 Å². The first-order chi connectivity index (χ1) is 4.56. The molecule has 0 aliphatic rings. The Bertz CT molecular complexity index is 120. The van der Waals surface area contributed by atoms with Crippen molar-refractivity contribution in [1.82, 2.24) is 0 Å². The fourth-order valence-corrected chi connectivity index (χ4v) is 0.766. The van der Waals surface area contributed by atoms with Crippen LogP contribution in [0, 0.1) is 0 Å². The molecule has 1 atom stereocenters. The van der Waals surface area contributed by atoms with Crippen LogP contribution in [0.3, 0.4) is 0 Å². The van der Waals surface area contributed by atoms with Gasteiger partial charge in [-0.2, -0.15) is 0 Å². The third-order valence-corrected chi connectivity index (χ3v) is 1.76. The van der Waals surface area contributed by atoms with Crippen molar-refractivity contribution in [1.29, 1.82) is 0 Å². The van der Waals surface area contributed by atoms with Gasteiger partial charge in [-0.25, -0.2) is 0 Å². The Morgan fingerprint density at radius 2 is 2.20 bits per heavy atom. The lowest BCUT2D eigenvalue weighted by Crippen LogP contribution is -2.34. The van der Waals surface area contributed by atoms with Crippen molar-refractivity contribution in [3.63, 3.8) is 0 Å². The maximum Gasteiger partial charge on any atom is 0.108 e. The van der Waals surface area contributed by atoms with Gasteiger partial charge in [0.2, 0.25) is 0 Å². The third-order valence-electron chi connectivity index (χ3n) is 1.76. The van der Waals surface area contributed by atoms with Gasteiger partial charge in [0.25, 0.3) is 0 Å². The van der Waals surface area contributed by atoms with Crippen molar-refractivity contribution in [2.75, 3.05) is 13.7 Å². The van der Waals surface area contributed by atoms with Crippen molar-refractivity contribution in [2.24, 2.45) is 0 Å². The molecule has 0 aromatic carbocycles. The predicted molar refractivity (Wildman–Crippen MR) is 41.9 cm³/mol. The van der Waals surface area contributed by atoms with Crippen LogP contribution in [0.5, 0.6) is 0 Å². The topological polar surface area (TPSA) is 29.5 Å². The Hall–Kier alpha value is -0.340. The molecule has 1 N–H and O–H groups in total. The molecule has 0 aromatic rings. The van der Waals surface area contributed by atoms with Gasteiger partial charge in [-0.15, -0.1) is 0 Å². The molecule has 0 bridgehead atoms. The summed E-state index contributed by atoms with van der Waals surface area (Å²) in [4.78, 5) is 0. The highest BCUT2D eigenvalue weighted by Crippen LogP contribution is 2.18. The second-order valence-electron chi connectivity index (χ2n) is 2.60. The zero-order valence-corrected chi connectivity index (χ0v) is 6.98. The predicted octanol–water partition coefficient (Wildman–Crippen LogP) is 1.35. The van der Waals surface area contributed by atoms with Crippen LogP contribution < -0.4 is 0 Å². The number of ether oxygens (including phenoxy) is 1. The minimum absolute atomic E-state index is 0.332. The Labute approximate surface area is 62.5 Å². The smallest absolute Gasteiger partial charge is 0.108 e. The zero-order valence-electron chi connectivity index (χ0n) is 6.98. The van der Waals surface area contributed by atoms with E-state index in [1.807, 2.05) is 13.8 Å². The molecule has 0 amide bonds. The molecule has 2 heteroatoms. The first kappa shape index (κ1) is 9.66. The molecule has 0 rings (SSSR count). The highest BCUT2D eigenvalue weighted by atomic mass is 16.5. The minimum Gasteiger partial charge on any atom is -0.383 e. The van der Waals surface area contributed by atoms with Crippen molar-refractivity contribution in [2.45, 2.75) is 25.9 Å². The van der Waals surface area contributed by atoms with Crippen molar-refractivity contribution >= 4 is 0 Å². The lowest BCUT2D eigenvalue weighted by Gasteiger charge is -2.25. The van der Waals surface area contributed by atoms with Gasteiger partial charge in [0, 0.05) is 7.11 Å². The van der Waals surface area contributed by atoms with E-state index in [2.05, 4.69) is 6.58 Å². The molecule has 0 heterocycles. The molecule has 0 aliphatic heterocycles. The van der Waals surface area contributed by atoms with E-state index in [-0.39, 0.29) is 0 Å². The van der Waals surface area contributed by atoms with Crippen LogP contribution in [-0.2, 0) is 4.74 Å². The van der Waals surface area contributed by atoms with Gasteiger partial charge in [0.15, 0.2) is 0 Å². The largest absolute Gasteiger partial charge is 0.383 e. The molecule has 0 saturated carbocycles. The quantitative estimate of drug-likeness (QED) is 0.603. The van der Waals surface area contributed by atoms with E-state index < -0.39 is 5.60 Å². The summed E-state index contributed by atoms with van der Waals surface area (Å²) < 4.78 is 4.85. The molecule has 0 aromatic heterocycles. The number of hydrogen-bond acceptors (Lipinski definition) is 2. The van der Waals surface area contributed by atoms with Gasteiger partial charge in [-0.3, -0.25) is 0 Å². The molecule has 0 radical (unpaired) electrons. The Kier molecular flexibility index (Phi) is 3.61. The fourth-order valence-electron chi connectivity index (χ4n) is 0.766. The average molecular weight is 144 g/mol. The lowest BCUT2D eigenvalue weighted by molar-refractivity contribution is -0.00489. The van der Waals surface area contributed by atoms with Crippen molar-refractivity contribution in [3.8, 4) is 0 Å². The maximum absolute atomic E-state index is 9.67. The second kappa shape index (κ2) is 3.74. The number of aliphatic hydroxyl groups is 1. The van der Waals surface area contributed by atoms with E-state index in [1.165, 1.54) is 0 Å². The van der Waals surface area contributed by atoms with Crippen molar-refractivity contribution in [3.05, 3.63) is 12.2 Å². The summed E-state index contributed by atoms with van der Waals surface area (Å²) in [5, 5.41) is 9.67. The van der Waals surface area contributed by atoms with Crippen LogP contribution in [0.1, 0.15) is 20.3 Å². The molecule has 10 heavy (non-hydrogen) atoms. The highest BCUT2D eigenvalue weighted by Gasteiger charge is 2.24. The van der Waals surface area contributed by atoms with Gasteiger partial charge in [-0.1, -0.05) is 13.5 Å². The third kappa shape index (κ3) is 2.12. The maximum atomic E-state index is 9.67. The summed E-state index contributed by atoms with van der Waals surface area (Å²) in [5.74, 6) is 0. The SMILES string of the molecule is C=C(C)C(O)(CC)COC. The van der Waals surface area contributed by atoms with E-state index in [1.54, 1.807) is 7.11 Å². The minimum atomic E-state index is -0.825. The van der Waals surface area contributed by atoms with Crippen LogP contribution in [0.4, 0.5) is 0 Å². The molecule has 0 saturated heterocycles. The van der Waals surface area contributed by atoms with Gasteiger partial charge in [0.05, 0.1) is 6.61 Å². The summed E-state index contributed by atoms with van der Waals surface area (Å²) in [6.07, 6.45) is 0.649. The summed E-state index contributed by atoms with van der Waals surface area (Å²) >= 11 is 0. The van der Waals surface area contributed by atoms with Gasteiger partial charge >= 0.3 is 0 Å². The van der Waals surface area contributed by atoms with Crippen LogP contribution in [-0.4, -0.2) is 24.4 Å². The van der Waals surface area contributed by atoms with E-state index in [0.29, 0.717) is 13.0 Å². The van der Waals surface area contributed by atoms with E-state index >= 15 is 0 Å². The lowest BCUT2D eigenvalue weighted by atomic mass is 9.94. The van der Waals surface area contributed by atoms with Gasteiger partial charge in [-0.05, 0) is 18.9 Å². The standard InChI is InChI=1S/C8H16O2/c1-5-8(9,6-10-4)7(2)3/h9H,2,5-6H2,1,3-4H3. The summed E-state index contributed by atoms with van der Waals surface area (Å²) in [6.45, 7) is 7.74. The van der Waals surface area contributed by atoms with E-state index in [4.69, 9.17) is 4.74 Å². The monoisotopic (exact) mass is 144 g/mol.